The maximum absolute atomic E-state index is 12.6. The van der Waals surface area contributed by atoms with Gasteiger partial charge in [0.2, 0.25) is 0 Å². The van der Waals surface area contributed by atoms with Gasteiger partial charge in [0, 0.05) is 11.3 Å². The number of thiocarbonyl (C=S) groups is 1. The Morgan fingerprint density at radius 2 is 1.93 bits per heavy atom. The second kappa shape index (κ2) is 8.89. The Balaban J connectivity index is 1.76. The summed E-state index contributed by atoms with van der Waals surface area (Å²) in [6.45, 7) is 3.65. The van der Waals surface area contributed by atoms with Crippen LogP contribution in [0.15, 0.2) is 52.9 Å². The van der Waals surface area contributed by atoms with Gasteiger partial charge in [-0.25, -0.2) is 0 Å². The van der Waals surface area contributed by atoms with E-state index in [0.29, 0.717) is 22.8 Å². The number of methoxy groups -OCH3 is 1. The number of furan rings is 1. The average molecular weight is 410 g/mol. The maximum Gasteiger partial charge on any atom is 0.261 e. The number of para-hydroxylation sites is 1. The van der Waals surface area contributed by atoms with Crippen molar-refractivity contribution in [2.24, 2.45) is 0 Å². The monoisotopic (exact) mass is 410 g/mol. The van der Waals surface area contributed by atoms with Gasteiger partial charge < -0.3 is 19.6 Å². The first-order chi connectivity index (χ1) is 13.9. The third-order valence-electron chi connectivity index (χ3n) is 4.48. The highest BCUT2D eigenvalue weighted by atomic mass is 32.1. The molecule has 0 saturated heterocycles. The van der Waals surface area contributed by atoms with E-state index < -0.39 is 0 Å². The zero-order valence-corrected chi connectivity index (χ0v) is 17.2. The van der Waals surface area contributed by atoms with Crippen LogP contribution in [0.4, 0.5) is 5.69 Å². The highest BCUT2D eigenvalue weighted by molar-refractivity contribution is 7.80. The minimum absolute atomic E-state index is 0.157. The van der Waals surface area contributed by atoms with Gasteiger partial charge in [0.05, 0.1) is 12.7 Å². The number of anilines is 1. The Kier molecular flexibility index (Phi) is 6.31. The van der Waals surface area contributed by atoms with Crippen LogP contribution in [-0.4, -0.2) is 23.2 Å². The van der Waals surface area contributed by atoms with Crippen molar-refractivity contribution in [3.05, 3.63) is 71.0 Å². The van der Waals surface area contributed by atoms with Crippen molar-refractivity contribution >= 4 is 28.9 Å². The number of nitrogens with one attached hydrogen (secondary N) is 2. The molecular weight excluding hydrogens is 388 g/mol. The molecule has 0 aliphatic rings. The van der Waals surface area contributed by atoms with Crippen molar-refractivity contribution in [2.75, 3.05) is 12.4 Å². The molecule has 0 radical (unpaired) electrons. The van der Waals surface area contributed by atoms with Crippen molar-refractivity contribution in [3.63, 3.8) is 0 Å². The topological polar surface area (TPSA) is 83.7 Å². The smallest absolute Gasteiger partial charge is 0.261 e. The van der Waals surface area contributed by atoms with Crippen LogP contribution >= 0.6 is 12.2 Å². The van der Waals surface area contributed by atoms with E-state index in [1.54, 1.807) is 24.3 Å². The first-order valence-electron chi connectivity index (χ1n) is 8.99. The van der Waals surface area contributed by atoms with Gasteiger partial charge in [0.25, 0.3) is 5.91 Å². The van der Waals surface area contributed by atoms with Gasteiger partial charge in [-0.2, -0.15) is 0 Å². The molecule has 29 heavy (non-hydrogen) atoms. The molecular formula is C22H22N2O4S. The van der Waals surface area contributed by atoms with Gasteiger partial charge in [-0.3, -0.25) is 10.1 Å². The number of benzene rings is 2. The molecule has 0 fully saturated rings. The maximum atomic E-state index is 12.6. The third-order valence-corrected chi connectivity index (χ3v) is 4.68. The molecule has 3 aromatic rings. The highest BCUT2D eigenvalue weighted by Crippen LogP contribution is 2.27. The van der Waals surface area contributed by atoms with E-state index in [2.05, 4.69) is 10.6 Å². The largest absolute Gasteiger partial charge is 0.496 e. The summed E-state index contributed by atoms with van der Waals surface area (Å²) in [6.07, 6.45) is 0. The molecule has 0 bridgehead atoms. The highest BCUT2D eigenvalue weighted by Gasteiger charge is 2.16. The van der Waals surface area contributed by atoms with Gasteiger partial charge >= 0.3 is 0 Å². The minimum Gasteiger partial charge on any atom is -0.496 e. The molecule has 150 valence electrons. The summed E-state index contributed by atoms with van der Waals surface area (Å²) >= 11 is 5.33. The molecule has 0 spiro atoms. The summed E-state index contributed by atoms with van der Waals surface area (Å²) < 4.78 is 10.9. The Morgan fingerprint density at radius 3 is 2.62 bits per heavy atom. The third kappa shape index (κ3) is 4.64. The van der Waals surface area contributed by atoms with Crippen LogP contribution in [0.5, 0.6) is 5.75 Å². The van der Waals surface area contributed by atoms with E-state index in [-0.39, 0.29) is 17.6 Å². The minimum atomic E-state index is -0.351. The Labute approximate surface area is 174 Å². The summed E-state index contributed by atoms with van der Waals surface area (Å²) in [7, 11) is 1.53. The van der Waals surface area contributed by atoms with Crippen LogP contribution in [0.2, 0.25) is 0 Å². The van der Waals surface area contributed by atoms with E-state index in [9.17, 15) is 9.90 Å². The van der Waals surface area contributed by atoms with Crippen LogP contribution in [0.3, 0.4) is 0 Å². The Hall–Kier alpha value is -3.16. The first kappa shape index (κ1) is 20.6. The van der Waals surface area contributed by atoms with Gasteiger partial charge in [-0.05, 0) is 61.5 Å². The predicted molar refractivity (Wildman–Crippen MR) is 116 cm³/mol. The van der Waals surface area contributed by atoms with Crippen molar-refractivity contribution < 1.29 is 19.1 Å². The molecule has 1 heterocycles. The number of hydrogen-bond donors (Lipinski definition) is 3. The number of carbonyl (C=O) groups excluding carboxylic acids is 1. The lowest BCUT2D eigenvalue weighted by Gasteiger charge is -2.14. The second-order valence-corrected chi connectivity index (χ2v) is 6.93. The molecule has 0 atom stereocenters. The normalized spacial score (nSPS) is 10.5. The fourth-order valence-electron chi connectivity index (χ4n) is 2.95. The fourth-order valence-corrected chi connectivity index (χ4v) is 3.16. The average Bonchev–Trinajstić information content (AvgIpc) is 3.18. The number of ether oxygens (including phenoxy) is 1. The van der Waals surface area contributed by atoms with Crippen molar-refractivity contribution in [2.45, 2.75) is 20.5 Å². The number of amides is 1. The van der Waals surface area contributed by atoms with E-state index in [0.717, 1.165) is 22.4 Å². The lowest BCUT2D eigenvalue weighted by atomic mass is 10.1. The van der Waals surface area contributed by atoms with E-state index in [1.165, 1.54) is 7.11 Å². The van der Waals surface area contributed by atoms with Crippen LogP contribution in [0.1, 0.15) is 27.2 Å². The lowest BCUT2D eigenvalue weighted by molar-refractivity contribution is 0.0974. The number of hydrogen-bond acceptors (Lipinski definition) is 5. The van der Waals surface area contributed by atoms with Crippen molar-refractivity contribution in [1.29, 1.82) is 0 Å². The van der Waals surface area contributed by atoms with Crippen LogP contribution in [0, 0.1) is 13.8 Å². The Morgan fingerprint density at radius 1 is 1.14 bits per heavy atom. The zero-order chi connectivity index (χ0) is 21.0. The molecule has 0 saturated carbocycles. The second-order valence-electron chi connectivity index (χ2n) is 6.52. The summed E-state index contributed by atoms with van der Waals surface area (Å²) in [5.74, 6) is 1.29. The van der Waals surface area contributed by atoms with Crippen LogP contribution < -0.4 is 15.4 Å². The number of rotatable bonds is 5. The van der Waals surface area contributed by atoms with Gasteiger partial charge in [-0.1, -0.05) is 24.3 Å². The number of aliphatic hydroxyl groups excluding tert-OH is 1. The number of aliphatic hydroxyl groups is 1. The zero-order valence-electron chi connectivity index (χ0n) is 16.4. The fraction of sp³-hybridized carbons (Fsp3) is 0.182. The van der Waals surface area contributed by atoms with Gasteiger partial charge in [0.15, 0.2) is 5.11 Å². The molecule has 7 heteroatoms. The molecule has 1 amide bonds. The SMILES string of the molecule is COc1c(C)cccc1C(=O)NC(=S)Nc1cc(-c2ccc(CO)o2)ccc1C. The molecule has 0 unspecified atom stereocenters. The van der Waals surface area contributed by atoms with Crippen molar-refractivity contribution in [1.82, 2.24) is 5.32 Å². The Bertz CT molecular complexity index is 1060. The van der Waals surface area contributed by atoms with E-state index in [1.807, 2.05) is 38.1 Å². The number of carbonyl (C=O) groups is 1. The molecule has 1 aromatic heterocycles. The summed E-state index contributed by atoms with van der Waals surface area (Å²) in [4.78, 5) is 12.6. The van der Waals surface area contributed by atoms with Crippen LogP contribution in [-0.2, 0) is 6.61 Å². The molecule has 3 N–H and O–H groups in total. The standard InChI is InChI=1S/C22H22N2O4S/c1-13-7-8-15(19-10-9-16(12-25)28-19)11-18(13)23-22(29)24-21(26)17-6-4-5-14(2)20(17)27-3/h4-11,25H,12H2,1-3H3,(H2,23,24,26,29). The van der Waals surface area contributed by atoms with E-state index in [4.69, 9.17) is 21.4 Å². The number of aryl methyl sites for hydroxylation is 2. The van der Waals surface area contributed by atoms with Gasteiger partial charge in [-0.15, -0.1) is 0 Å². The molecule has 0 aliphatic heterocycles. The predicted octanol–water partition coefficient (Wildman–Crippen LogP) is 4.19. The molecule has 6 nitrogen and oxygen atoms in total. The lowest BCUT2D eigenvalue weighted by Crippen LogP contribution is -2.34. The summed E-state index contributed by atoms with van der Waals surface area (Å²) in [5, 5.41) is 15.1. The van der Waals surface area contributed by atoms with Crippen molar-refractivity contribution in [3.8, 4) is 17.1 Å². The first-order valence-corrected chi connectivity index (χ1v) is 9.40. The summed E-state index contributed by atoms with van der Waals surface area (Å²) in [5.41, 5.74) is 3.79. The molecule has 0 aliphatic carbocycles. The molecule has 2 aromatic carbocycles. The van der Waals surface area contributed by atoms with Crippen LogP contribution in [0.25, 0.3) is 11.3 Å². The summed E-state index contributed by atoms with van der Waals surface area (Å²) in [6, 6.07) is 14.6. The quantitative estimate of drug-likeness (QED) is 0.547. The van der Waals surface area contributed by atoms with E-state index >= 15 is 0 Å². The molecule has 3 rings (SSSR count). The van der Waals surface area contributed by atoms with Gasteiger partial charge in [0.1, 0.15) is 23.9 Å².